The Hall–Kier alpha value is -1.29. The first-order chi connectivity index (χ1) is 12.7. The van der Waals surface area contributed by atoms with Crippen molar-refractivity contribution >= 4 is 11.8 Å². The maximum Gasteiger partial charge on any atom is 0.120 e. The molecule has 1 atom stereocenters. The second-order valence-corrected chi connectivity index (χ2v) is 9.08. The molecular weight excluding hydrogens is 338 g/mol. The first kappa shape index (κ1) is 18.1. The molecule has 0 saturated carbocycles. The maximum atomic E-state index is 7.18. The van der Waals surface area contributed by atoms with E-state index in [2.05, 4.69) is 85.4 Å². The number of benzene rings is 2. The Labute approximate surface area is 161 Å². The molecule has 0 aromatic heterocycles. The molecule has 2 aromatic carbocycles. The Morgan fingerprint density at radius 1 is 0.923 bits per heavy atom. The van der Waals surface area contributed by atoms with Crippen molar-refractivity contribution in [3.8, 4) is 0 Å². The van der Waals surface area contributed by atoms with Crippen LogP contribution in [0.2, 0.25) is 0 Å². The lowest BCUT2D eigenvalue weighted by molar-refractivity contribution is -0.131. The Kier molecular flexibility index (Phi) is 5.13. The van der Waals surface area contributed by atoms with Gasteiger partial charge in [0.25, 0.3) is 0 Å². The molecule has 0 N–H and O–H groups in total. The summed E-state index contributed by atoms with van der Waals surface area (Å²) in [7, 11) is 4.30. The Balaban J connectivity index is 1.80. The van der Waals surface area contributed by atoms with Gasteiger partial charge in [0.2, 0.25) is 0 Å². The van der Waals surface area contributed by atoms with Gasteiger partial charge >= 0.3 is 0 Å². The van der Waals surface area contributed by atoms with Gasteiger partial charge < -0.3 is 9.64 Å². The van der Waals surface area contributed by atoms with Gasteiger partial charge in [-0.15, -0.1) is 0 Å². The number of hydrogen-bond donors (Lipinski definition) is 0. The lowest BCUT2D eigenvalue weighted by Gasteiger charge is -2.39. The first-order valence-corrected chi connectivity index (χ1v) is 10.9. The summed E-state index contributed by atoms with van der Waals surface area (Å²) < 4.78 is 7.18. The van der Waals surface area contributed by atoms with E-state index in [4.69, 9.17) is 4.74 Å². The number of thioether (sulfide) groups is 1. The molecule has 2 heterocycles. The van der Waals surface area contributed by atoms with Gasteiger partial charge in [-0.1, -0.05) is 54.6 Å². The largest absolute Gasteiger partial charge is 0.354 e. The van der Waals surface area contributed by atoms with Crippen LogP contribution >= 0.6 is 11.8 Å². The topological polar surface area (TPSA) is 12.5 Å². The highest BCUT2D eigenvalue weighted by molar-refractivity contribution is 7.99. The molecule has 2 aliphatic rings. The maximum absolute atomic E-state index is 7.18. The number of ether oxygens (including phenoxy) is 1. The number of rotatable bonds is 5. The van der Waals surface area contributed by atoms with Gasteiger partial charge in [0.15, 0.2) is 0 Å². The fourth-order valence-electron chi connectivity index (χ4n) is 4.64. The minimum Gasteiger partial charge on any atom is -0.354 e. The quantitative estimate of drug-likeness (QED) is 0.736. The Bertz CT molecular complexity index is 739. The third kappa shape index (κ3) is 3.11. The third-order valence-electron chi connectivity index (χ3n) is 5.90. The zero-order valence-corrected chi connectivity index (χ0v) is 16.7. The van der Waals surface area contributed by atoms with E-state index >= 15 is 0 Å². The standard InChI is InChI=1S/C23H29NOS/c1-24(2)16-8-13-23(19-9-4-3-5-10-19)21-12-7-6-11-20(21)22(25-23)14-17-26-18-15-22/h3-7,9-12H,8,13-18H2,1-2H3. The molecule has 4 rings (SSSR count). The zero-order valence-electron chi connectivity index (χ0n) is 15.9. The minimum atomic E-state index is -0.310. The molecule has 26 heavy (non-hydrogen) atoms. The van der Waals surface area contributed by atoms with E-state index in [0.717, 1.165) is 32.2 Å². The van der Waals surface area contributed by atoms with E-state index in [0.29, 0.717) is 0 Å². The molecule has 0 radical (unpaired) electrons. The molecule has 2 aliphatic heterocycles. The highest BCUT2D eigenvalue weighted by Gasteiger charge is 2.53. The summed E-state index contributed by atoms with van der Waals surface area (Å²) in [5.41, 5.74) is 3.73. The molecule has 1 saturated heterocycles. The fraction of sp³-hybridized carbons (Fsp3) is 0.478. The minimum absolute atomic E-state index is 0.101. The molecule has 1 fully saturated rings. The van der Waals surface area contributed by atoms with Crippen molar-refractivity contribution in [2.75, 3.05) is 32.1 Å². The van der Waals surface area contributed by atoms with Gasteiger partial charge in [0, 0.05) is 0 Å². The molecule has 2 aromatic rings. The van der Waals surface area contributed by atoms with E-state index in [1.165, 1.54) is 28.2 Å². The lowest BCUT2D eigenvalue weighted by Crippen LogP contribution is -2.36. The van der Waals surface area contributed by atoms with Crippen LogP contribution in [0.25, 0.3) is 0 Å². The summed E-state index contributed by atoms with van der Waals surface area (Å²) in [6.07, 6.45) is 4.40. The van der Waals surface area contributed by atoms with Gasteiger partial charge in [-0.3, -0.25) is 0 Å². The highest BCUT2D eigenvalue weighted by Crippen LogP contribution is 2.57. The molecule has 138 valence electrons. The lowest BCUT2D eigenvalue weighted by atomic mass is 9.80. The van der Waals surface area contributed by atoms with Gasteiger partial charge in [-0.25, -0.2) is 0 Å². The van der Waals surface area contributed by atoms with Gasteiger partial charge in [-0.2, -0.15) is 11.8 Å². The summed E-state index contributed by atoms with van der Waals surface area (Å²) in [6.45, 7) is 1.09. The summed E-state index contributed by atoms with van der Waals surface area (Å²) >= 11 is 2.06. The van der Waals surface area contributed by atoms with E-state index in [9.17, 15) is 0 Å². The molecule has 1 unspecified atom stereocenters. The van der Waals surface area contributed by atoms with Crippen molar-refractivity contribution in [3.05, 3.63) is 71.3 Å². The monoisotopic (exact) mass is 367 g/mol. The van der Waals surface area contributed by atoms with Crippen LogP contribution < -0.4 is 0 Å². The average molecular weight is 368 g/mol. The molecule has 1 spiro atoms. The predicted molar refractivity (Wildman–Crippen MR) is 111 cm³/mol. The number of fused-ring (bicyclic) bond motifs is 2. The van der Waals surface area contributed by atoms with Crippen LogP contribution in [0.15, 0.2) is 54.6 Å². The van der Waals surface area contributed by atoms with E-state index in [1.807, 2.05) is 0 Å². The van der Waals surface area contributed by atoms with E-state index in [-0.39, 0.29) is 11.2 Å². The van der Waals surface area contributed by atoms with Crippen LogP contribution in [-0.4, -0.2) is 37.0 Å². The van der Waals surface area contributed by atoms with Crippen molar-refractivity contribution in [2.24, 2.45) is 0 Å². The van der Waals surface area contributed by atoms with Gasteiger partial charge in [-0.05, 0) is 74.5 Å². The van der Waals surface area contributed by atoms with Crippen LogP contribution in [0.3, 0.4) is 0 Å². The highest BCUT2D eigenvalue weighted by atomic mass is 32.2. The molecular formula is C23H29NOS. The molecule has 2 nitrogen and oxygen atoms in total. The normalized spacial score (nSPS) is 24.1. The summed E-state index contributed by atoms with van der Waals surface area (Å²) in [4.78, 5) is 2.27. The Morgan fingerprint density at radius 2 is 1.58 bits per heavy atom. The fourth-order valence-corrected chi connectivity index (χ4v) is 5.80. The molecule has 0 aliphatic carbocycles. The van der Waals surface area contributed by atoms with Gasteiger partial charge in [0.05, 0.1) is 5.60 Å². The Morgan fingerprint density at radius 3 is 2.27 bits per heavy atom. The SMILES string of the molecule is CN(C)CCCC1(c2ccccc2)OC2(CCSCC2)c2ccccc21. The van der Waals surface area contributed by atoms with Crippen molar-refractivity contribution in [1.29, 1.82) is 0 Å². The smallest absolute Gasteiger partial charge is 0.120 e. The van der Waals surface area contributed by atoms with Gasteiger partial charge in [0.1, 0.15) is 5.60 Å². The second kappa shape index (κ2) is 7.38. The summed E-state index contributed by atoms with van der Waals surface area (Å²) in [5, 5.41) is 0. The molecule has 0 bridgehead atoms. The van der Waals surface area contributed by atoms with Crippen LogP contribution in [0.1, 0.15) is 42.4 Å². The number of hydrogen-bond acceptors (Lipinski definition) is 3. The van der Waals surface area contributed by atoms with Crippen LogP contribution in [0, 0.1) is 0 Å². The van der Waals surface area contributed by atoms with Crippen molar-refractivity contribution in [3.63, 3.8) is 0 Å². The van der Waals surface area contributed by atoms with Crippen LogP contribution in [-0.2, 0) is 15.9 Å². The number of nitrogens with zero attached hydrogens (tertiary/aromatic N) is 1. The van der Waals surface area contributed by atoms with E-state index in [1.54, 1.807) is 0 Å². The van der Waals surface area contributed by atoms with Crippen LogP contribution in [0.5, 0.6) is 0 Å². The predicted octanol–water partition coefficient (Wildman–Crippen LogP) is 5.02. The van der Waals surface area contributed by atoms with Crippen LogP contribution in [0.4, 0.5) is 0 Å². The summed E-state index contributed by atoms with van der Waals surface area (Å²) in [5.74, 6) is 2.38. The van der Waals surface area contributed by atoms with E-state index < -0.39 is 0 Å². The molecule has 3 heteroatoms. The zero-order chi connectivity index (χ0) is 18.0. The van der Waals surface area contributed by atoms with Crippen molar-refractivity contribution in [2.45, 2.75) is 36.9 Å². The van der Waals surface area contributed by atoms with Crippen molar-refractivity contribution < 1.29 is 4.74 Å². The molecule has 0 amide bonds. The first-order valence-electron chi connectivity index (χ1n) is 9.74. The van der Waals surface area contributed by atoms with Crippen molar-refractivity contribution in [1.82, 2.24) is 4.90 Å². The average Bonchev–Trinajstić information content (AvgIpc) is 2.94. The third-order valence-corrected chi connectivity index (χ3v) is 6.88. The summed E-state index contributed by atoms with van der Waals surface area (Å²) in [6, 6.07) is 19.9. The second-order valence-electron chi connectivity index (χ2n) is 7.85.